The van der Waals surface area contributed by atoms with E-state index in [2.05, 4.69) is 49.6 Å². The van der Waals surface area contributed by atoms with E-state index in [1.54, 1.807) is 0 Å². The van der Waals surface area contributed by atoms with Gasteiger partial charge in [-0.2, -0.15) is 0 Å². The number of nitrogens with one attached hydrogen (secondary N) is 1. The second-order valence-electron chi connectivity index (χ2n) is 15.4. The van der Waals surface area contributed by atoms with Crippen LogP contribution in [0.15, 0.2) is 12.4 Å². The van der Waals surface area contributed by atoms with Crippen LogP contribution in [0, 0.1) is 0 Å². The standard InChI is InChI=1S/C44H86N2/c1-5-8-11-14-17-19-21-22-23-25-26-29-31-34-37-42(4)46-41-40-45-44(46)43(38-35-32-28-16-13-10-7-3)39-36-33-30-27-24-20-18-15-12-9-6-2/h40-43H,5-39H2,1-4H3/p+1. The minimum atomic E-state index is 0.618. The van der Waals surface area contributed by atoms with Crippen LogP contribution in [0.3, 0.4) is 0 Å². The van der Waals surface area contributed by atoms with Gasteiger partial charge in [0.05, 0.1) is 12.0 Å². The maximum Gasteiger partial charge on any atom is 0.257 e. The molecule has 272 valence electrons. The second-order valence-corrected chi connectivity index (χ2v) is 15.4. The molecule has 0 saturated carbocycles. The Balaban J connectivity index is 2.34. The molecule has 0 saturated heterocycles. The number of unbranched alkanes of at least 4 members (excludes halogenated alkanes) is 29. The zero-order valence-corrected chi connectivity index (χ0v) is 32.5. The van der Waals surface area contributed by atoms with Crippen molar-refractivity contribution in [3.63, 3.8) is 0 Å². The third-order valence-corrected chi connectivity index (χ3v) is 10.9. The molecule has 1 aromatic rings. The fourth-order valence-corrected chi connectivity index (χ4v) is 7.66. The lowest BCUT2D eigenvalue weighted by molar-refractivity contribution is -0.727. The van der Waals surface area contributed by atoms with Gasteiger partial charge in [-0.25, -0.2) is 9.55 Å². The predicted octanol–water partition coefficient (Wildman–Crippen LogP) is 15.7. The summed E-state index contributed by atoms with van der Waals surface area (Å²) in [5.74, 6) is 2.25. The molecule has 0 aliphatic rings. The highest BCUT2D eigenvalue weighted by atomic mass is 15.1. The third kappa shape index (κ3) is 25.3. The summed E-state index contributed by atoms with van der Waals surface area (Å²) in [6.07, 6.45) is 54.6. The number of hydrogen-bond acceptors (Lipinski definition) is 0. The molecule has 46 heavy (non-hydrogen) atoms. The van der Waals surface area contributed by atoms with Crippen molar-refractivity contribution in [3.8, 4) is 0 Å². The topological polar surface area (TPSA) is 19.7 Å². The molecule has 1 heterocycles. The molecule has 0 spiro atoms. The lowest BCUT2D eigenvalue weighted by Crippen LogP contribution is -2.41. The molecular weight excluding hydrogens is 556 g/mol. The van der Waals surface area contributed by atoms with E-state index >= 15 is 0 Å². The molecular formula is C44H87N2+. The molecule has 2 nitrogen and oxygen atoms in total. The molecule has 1 rings (SSSR count). The average Bonchev–Trinajstić information content (AvgIpc) is 3.56. The minimum absolute atomic E-state index is 0.618. The van der Waals surface area contributed by atoms with Crippen molar-refractivity contribution < 1.29 is 4.57 Å². The summed E-state index contributed by atoms with van der Waals surface area (Å²) in [5.41, 5.74) is 0. The van der Waals surface area contributed by atoms with Crippen LogP contribution < -0.4 is 4.57 Å². The van der Waals surface area contributed by atoms with Crippen LogP contribution in [0.1, 0.15) is 270 Å². The van der Waals surface area contributed by atoms with Crippen molar-refractivity contribution >= 4 is 0 Å². The molecule has 2 unspecified atom stereocenters. The van der Waals surface area contributed by atoms with E-state index in [-0.39, 0.29) is 0 Å². The molecule has 1 N–H and O–H groups in total. The third-order valence-electron chi connectivity index (χ3n) is 10.9. The summed E-state index contributed by atoms with van der Waals surface area (Å²) in [5, 5.41) is 0. The number of aromatic amines is 1. The average molecular weight is 644 g/mol. The molecule has 0 aliphatic heterocycles. The first kappa shape index (κ1) is 43.2. The molecule has 0 radical (unpaired) electrons. The Hall–Kier alpha value is -0.790. The molecule has 0 aliphatic carbocycles. The van der Waals surface area contributed by atoms with Crippen LogP contribution in [0.4, 0.5) is 0 Å². The first-order chi connectivity index (χ1) is 22.7. The van der Waals surface area contributed by atoms with Crippen molar-refractivity contribution in [2.45, 2.75) is 264 Å². The molecule has 0 amide bonds. The Morgan fingerprint density at radius 2 is 0.696 bits per heavy atom. The summed E-state index contributed by atoms with van der Waals surface area (Å²) in [4.78, 5) is 3.76. The van der Waals surface area contributed by atoms with Crippen LogP contribution in [-0.2, 0) is 0 Å². The fraction of sp³-hybridized carbons (Fsp3) is 0.932. The Kier molecular flexibility index (Phi) is 32.0. The van der Waals surface area contributed by atoms with Gasteiger partial charge in [-0.05, 0) is 32.6 Å². The van der Waals surface area contributed by atoms with Gasteiger partial charge < -0.3 is 0 Å². The molecule has 0 fully saturated rings. The van der Waals surface area contributed by atoms with Gasteiger partial charge >= 0.3 is 0 Å². The van der Waals surface area contributed by atoms with Crippen molar-refractivity contribution in [1.82, 2.24) is 4.98 Å². The number of rotatable bonds is 37. The van der Waals surface area contributed by atoms with Gasteiger partial charge in [-0.15, -0.1) is 0 Å². The molecule has 1 aromatic heterocycles. The van der Waals surface area contributed by atoms with Crippen LogP contribution >= 0.6 is 0 Å². The van der Waals surface area contributed by atoms with E-state index in [0.717, 1.165) is 0 Å². The van der Waals surface area contributed by atoms with E-state index in [9.17, 15) is 0 Å². The van der Waals surface area contributed by atoms with Gasteiger partial charge in [0.2, 0.25) is 0 Å². The largest absolute Gasteiger partial charge is 0.257 e. The number of nitrogens with zero attached hydrogens (tertiary/aromatic N) is 1. The Morgan fingerprint density at radius 3 is 1.02 bits per heavy atom. The Morgan fingerprint density at radius 1 is 0.413 bits per heavy atom. The summed E-state index contributed by atoms with van der Waals surface area (Å²) in [6, 6.07) is 0.618. The SMILES string of the molecule is CCCCCCCCCCCCCCCCC(C)[n+]1cc[nH]c1C(CCCCCCCCC)CCCCCCCCCCCCC. The highest BCUT2D eigenvalue weighted by Crippen LogP contribution is 2.27. The lowest BCUT2D eigenvalue weighted by Gasteiger charge is -2.17. The molecule has 0 bridgehead atoms. The smallest absolute Gasteiger partial charge is 0.247 e. The quantitative estimate of drug-likeness (QED) is 0.0550. The number of aromatic nitrogens is 2. The summed E-state index contributed by atoms with van der Waals surface area (Å²) >= 11 is 0. The van der Waals surface area contributed by atoms with Gasteiger partial charge in [-0.3, -0.25) is 0 Å². The van der Waals surface area contributed by atoms with Crippen LogP contribution in [0.25, 0.3) is 0 Å². The van der Waals surface area contributed by atoms with Gasteiger partial charge in [0.25, 0.3) is 5.82 Å². The van der Waals surface area contributed by atoms with Gasteiger partial charge in [0.1, 0.15) is 12.4 Å². The Bertz CT molecular complexity index is 709. The Labute approximate surface area is 291 Å². The summed E-state index contributed by atoms with van der Waals surface area (Å²) < 4.78 is 2.65. The van der Waals surface area contributed by atoms with E-state index in [1.165, 1.54) is 231 Å². The van der Waals surface area contributed by atoms with Crippen molar-refractivity contribution in [3.05, 3.63) is 18.2 Å². The summed E-state index contributed by atoms with van der Waals surface area (Å²) in [6.45, 7) is 9.43. The van der Waals surface area contributed by atoms with Crippen molar-refractivity contribution in [2.24, 2.45) is 0 Å². The monoisotopic (exact) mass is 644 g/mol. The normalized spacial score (nSPS) is 13.0. The first-order valence-electron chi connectivity index (χ1n) is 21.8. The van der Waals surface area contributed by atoms with Gasteiger partial charge in [0.15, 0.2) is 0 Å². The molecule has 2 atom stereocenters. The van der Waals surface area contributed by atoms with E-state index in [0.29, 0.717) is 12.0 Å². The fourth-order valence-electron chi connectivity index (χ4n) is 7.66. The van der Waals surface area contributed by atoms with Crippen molar-refractivity contribution in [1.29, 1.82) is 0 Å². The predicted molar refractivity (Wildman–Crippen MR) is 207 cm³/mol. The molecule has 2 heteroatoms. The zero-order chi connectivity index (χ0) is 33.2. The van der Waals surface area contributed by atoms with Crippen LogP contribution in [-0.4, -0.2) is 4.98 Å². The maximum atomic E-state index is 3.76. The highest BCUT2D eigenvalue weighted by molar-refractivity contribution is 4.90. The number of H-pyrrole nitrogens is 1. The first-order valence-corrected chi connectivity index (χ1v) is 21.8. The summed E-state index contributed by atoms with van der Waals surface area (Å²) in [7, 11) is 0. The van der Waals surface area contributed by atoms with Crippen LogP contribution in [0.5, 0.6) is 0 Å². The number of imidazole rings is 1. The van der Waals surface area contributed by atoms with E-state index in [1.807, 2.05) is 0 Å². The van der Waals surface area contributed by atoms with Crippen molar-refractivity contribution in [2.75, 3.05) is 0 Å². The van der Waals surface area contributed by atoms with Crippen LogP contribution in [0.2, 0.25) is 0 Å². The van der Waals surface area contributed by atoms with E-state index in [4.69, 9.17) is 0 Å². The second kappa shape index (κ2) is 34.1. The zero-order valence-electron chi connectivity index (χ0n) is 32.5. The van der Waals surface area contributed by atoms with Gasteiger partial charge in [-0.1, -0.05) is 220 Å². The maximum absolute atomic E-state index is 3.76. The molecule has 0 aromatic carbocycles. The van der Waals surface area contributed by atoms with Gasteiger partial charge in [0, 0.05) is 0 Å². The highest BCUT2D eigenvalue weighted by Gasteiger charge is 2.25. The number of hydrogen-bond donors (Lipinski definition) is 1. The lowest BCUT2D eigenvalue weighted by atomic mass is 9.92. The minimum Gasteiger partial charge on any atom is -0.247 e. The van der Waals surface area contributed by atoms with E-state index < -0.39 is 0 Å².